The van der Waals surface area contributed by atoms with Crippen LogP contribution < -0.4 is 0 Å². The zero-order chi connectivity index (χ0) is 12.0. The molecule has 0 aromatic heterocycles. The Hall–Kier alpha value is -1.57. The van der Waals surface area contributed by atoms with Gasteiger partial charge in [-0.05, 0) is 25.8 Å². The Labute approximate surface area is 97.6 Å². The number of nitrogens with zero attached hydrogens (tertiary/aromatic N) is 1. The molecule has 0 fully saturated rings. The maximum absolute atomic E-state index is 11.7. The summed E-state index contributed by atoms with van der Waals surface area (Å²) >= 11 is 0. The normalized spacial score (nSPS) is 9.69. The molecule has 0 N–H and O–H groups in total. The van der Waals surface area contributed by atoms with Crippen LogP contribution in [0.4, 0.5) is 0 Å². The van der Waals surface area contributed by atoms with E-state index in [1.807, 2.05) is 50.4 Å². The van der Waals surface area contributed by atoms with Crippen molar-refractivity contribution in [2.45, 2.75) is 26.7 Å². The first-order chi connectivity index (χ1) is 7.59. The number of rotatable bonds is 4. The molecule has 2 nitrogen and oxygen atoms in total. The molecule has 86 valence electrons. The molecule has 2 heteroatoms. The van der Waals surface area contributed by atoms with Gasteiger partial charge in [0.2, 0.25) is 5.91 Å². The van der Waals surface area contributed by atoms with Gasteiger partial charge in [0, 0.05) is 19.7 Å². The van der Waals surface area contributed by atoms with Crippen LogP contribution in [0.1, 0.15) is 25.8 Å². The Morgan fingerprint density at radius 1 is 1.25 bits per heavy atom. The van der Waals surface area contributed by atoms with Gasteiger partial charge in [-0.2, -0.15) is 0 Å². The van der Waals surface area contributed by atoms with E-state index >= 15 is 0 Å². The average Bonchev–Trinajstić information content (AvgIpc) is 2.26. The summed E-state index contributed by atoms with van der Waals surface area (Å²) in [6, 6.07) is 10.1. The lowest BCUT2D eigenvalue weighted by molar-refractivity contribution is -0.127. The van der Waals surface area contributed by atoms with Gasteiger partial charge in [-0.3, -0.25) is 4.79 Å². The smallest absolute Gasteiger partial charge is 0.226 e. The van der Waals surface area contributed by atoms with Gasteiger partial charge < -0.3 is 4.90 Å². The third kappa shape index (κ3) is 4.30. The Kier molecular flexibility index (Phi) is 4.77. The van der Waals surface area contributed by atoms with E-state index in [1.54, 1.807) is 11.9 Å². The van der Waals surface area contributed by atoms with E-state index in [9.17, 15) is 4.79 Å². The number of carbonyl (C=O) groups is 1. The van der Waals surface area contributed by atoms with Crippen LogP contribution in [0.5, 0.6) is 0 Å². The molecular weight excluding hydrogens is 198 g/mol. The Bertz CT molecular complexity index is 364. The van der Waals surface area contributed by atoms with Crippen molar-refractivity contribution in [1.82, 2.24) is 4.90 Å². The molecule has 0 heterocycles. The van der Waals surface area contributed by atoms with Crippen molar-refractivity contribution >= 4 is 5.91 Å². The van der Waals surface area contributed by atoms with E-state index in [0.29, 0.717) is 6.42 Å². The maximum Gasteiger partial charge on any atom is 0.226 e. The fourth-order valence-electron chi connectivity index (χ4n) is 1.53. The summed E-state index contributed by atoms with van der Waals surface area (Å²) in [6.45, 7) is 3.97. The van der Waals surface area contributed by atoms with Crippen LogP contribution in [-0.2, 0) is 11.2 Å². The van der Waals surface area contributed by atoms with Crippen LogP contribution in [0, 0.1) is 0 Å². The van der Waals surface area contributed by atoms with Gasteiger partial charge >= 0.3 is 0 Å². The molecule has 0 saturated heterocycles. The maximum atomic E-state index is 11.7. The van der Waals surface area contributed by atoms with Crippen LogP contribution in [0.15, 0.2) is 42.1 Å². The fourth-order valence-corrected chi connectivity index (χ4v) is 1.53. The second kappa shape index (κ2) is 6.11. The quantitative estimate of drug-likeness (QED) is 0.759. The first-order valence-corrected chi connectivity index (χ1v) is 5.54. The lowest BCUT2D eigenvalue weighted by Crippen LogP contribution is -2.21. The molecule has 0 radical (unpaired) electrons. The van der Waals surface area contributed by atoms with Crippen molar-refractivity contribution in [3.8, 4) is 0 Å². The molecule has 1 aromatic carbocycles. The van der Waals surface area contributed by atoms with Crippen molar-refractivity contribution in [2.24, 2.45) is 0 Å². The highest BCUT2D eigenvalue weighted by Crippen LogP contribution is 2.05. The molecule has 0 saturated carbocycles. The zero-order valence-electron chi connectivity index (χ0n) is 10.2. The van der Waals surface area contributed by atoms with Gasteiger partial charge in [-0.25, -0.2) is 0 Å². The van der Waals surface area contributed by atoms with Crippen molar-refractivity contribution in [2.75, 3.05) is 7.05 Å². The highest BCUT2D eigenvalue weighted by Gasteiger charge is 2.05. The monoisotopic (exact) mass is 217 g/mol. The Balaban J connectivity index is 2.44. The van der Waals surface area contributed by atoms with Gasteiger partial charge in [0.15, 0.2) is 0 Å². The average molecular weight is 217 g/mol. The molecule has 0 spiro atoms. The Morgan fingerprint density at radius 2 is 1.88 bits per heavy atom. The molecule has 0 aliphatic heterocycles. The summed E-state index contributed by atoms with van der Waals surface area (Å²) in [5.74, 6) is 0.157. The lowest BCUT2D eigenvalue weighted by Gasteiger charge is -2.12. The predicted molar refractivity (Wildman–Crippen MR) is 67.0 cm³/mol. The third-order valence-corrected chi connectivity index (χ3v) is 2.32. The summed E-state index contributed by atoms with van der Waals surface area (Å²) in [7, 11) is 1.81. The van der Waals surface area contributed by atoms with E-state index in [0.717, 1.165) is 12.0 Å². The molecule has 16 heavy (non-hydrogen) atoms. The highest BCUT2D eigenvalue weighted by atomic mass is 16.2. The van der Waals surface area contributed by atoms with Crippen LogP contribution in [-0.4, -0.2) is 17.9 Å². The van der Waals surface area contributed by atoms with Gasteiger partial charge in [-0.15, -0.1) is 0 Å². The number of hydrogen-bond donors (Lipinski definition) is 0. The topological polar surface area (TPSA) is 20.3 Å². The molecular formula is C14H19NO. The summed E-state index contributed by atoms with van der Waals surface area (Å²) in [6.07, 6.45) is 3.23. The number of aryl methyl sites for hydroxylation is 1. The molecule has 1 amide bonds. The second-order valence-corrected chi connectivity index (χ2v) is 4.20. The zero-order valence-corrected chi connectivity index (χ0v) is 10.2. The highest BCUT2D eigenvalue weighted by molar-refractivity contribution is 5.77. The summed E-state index contributed by atoms with van der Waals surface area (Å²) in [4.78, 5) is 13.4. The van der Waals surface area contributed by atoms with Gasteiger partial charge in [-0.1, -0.05) is 35.9 Å². The van der Waals surface area contributed by atoms with Crippen LogP contribution in [0.2, 0.25) is 0 Å². The Morgan fingerprint density at radius 3 is 2.44 bits per heavy atom. The van der Waals surface area contributed by atoms with Crippen molar-refractivity contribution < 1.29 is 4.79 Å². The number of amides is 1. The van der Waals surface area contributed by atoms with Crippen molar-refractivity contribution in [3.05, 3.63) is 47.7 Å². The lowest BCUT2D eigenvalue weighted by atomic mass is 10.1. The minimum absolute atomic E-state index is 0.157. The molecule has 1 rings (SSSR count). The fraction of sp³-hybridized carbons (Fsp3) is 0.357. The van der Waals surface area contributed by atoms with Crippen molar-refractivity contribution in [3.63, 3.8) is 0 Å². The molecule has 0 atom stereocenters. The largest absolute Gasteiger partial charge is 0.322 e. The third-order valence-electron chi connectivity index (χ3n) is 2.32. The van der Waals surface area contributed by atoms with E-state index < -0.39 is 0 Å². The minimum Gasteiger partial charge on any atom is -0.322 e. The van der Waals surface area contributed by atoms with Crippen LogP contribution >= 0.6 is 0 Å². The minimum atomic E-state index is 0.157. The van der Waals surface area contributed by atoms with Gasteiger partial charge in [0.05, 0.1) is 0 Å². The molecule has 0 aliphatic rings. The number of allylic oxidation sites excluding steroid dienone is 1. The molecule has 0 bridgehead atoms. The summed E-state index contributed by atoms with van der Waals surface area (Å²) in [5.41, 5.74) is 2.34. The number of benzene rings is 1. The molecule has 1 aromatic rings. The SMILES string of the molecule is CC(C)=CN(C)C(=O)CCc1ccccc1. The van der Waals surface area contributed by atoms with E-state index in [-0.39, 0.29) is 5.91 Å². The van der Waals surface area contributed by atoms with E-state index in [4.69, 9.17) is 0 Å². The summed E-state index contributed by atoms with van der Waals surface area (Å²) in [5, 5.41) is 0. The molecule has 0 unspecified atom stereocenters. The predicted octanol–water partition coefficient (Wildman–Crippen LogP) is 3.00. The second-order valence-electron chi connectivity index (χ2n) is 4.20. The van der Waals surface area contributed by atoms with E-state index in [1.165, 1.54) is 5.56 Å². The standard InChI is InChI=1S/C14H19NO/c1-12(2)11-15(3)14(16)10-9-13-7-5-4-6-8-13/h4-8,11H,9-10H2,1-3H3. The first kappa shape index (κ1) is 12.5. The number of hydrogen-bond acceptors (Lipinski definition) is 1. The van der Waals surface area contributed by atoms with Crippen LogP contribution in [0.25, 0.3) is 0 Å². The van der Waals surface area contributed by atoms with Gasteiger partial charge in [0.25, 0.3) is 0 Å². The van der Waals surface area contributed by atoms with Gasteiger partial charge in [0.1, 0.15) is 0 Å². The number of carbonyl (C=O) groups excluding carboxylic acids is 1. The first-order valence-electron chi connectivity index (χ1n) is 5.54. The van der Waals surface area contributed by atoms with E-state index in [2.05, 4.69) is 0 Å². The molecule has 0 aliphatic carbocycles. The van der Waals surface area contributed by atoms with Crippen molar-refractivity contribution in [1.29, 1.82) is 0 Å². The van der Waals surface area contributed by atoms with Crippen LogP contribution in [0.3, 0.4) is 0 Å². The summed E-state index contributed by atoms with van der Waals surface area (Å²) < 4.78 is 0.